The summed E-state index contributed by atoms with van der Waals surface area (Å²) in [5, 5.41) is 0. The number of carbonyl (C=O) groups is 2. The summed E-state index contributed by atoms with van der Waals surface area (Å²) in [7, 11) is 1.92. The lowest BCUT2D eigenvalue weighted by molar-refractivity contribution is -0.137. The summed E-state index contributed by atoms with van der Waals surface area (Å²) in [6.07, 6.45) is 3.47. The van der Waals surface area contributed by atoms with Gasteiger partial charge >= 0.3 is 0 Å². The molecule has 2 saturated heterocycles. The van der Waals surface area contributed by atoms with Gasteiger partial charge in [-0.1, -0.05) is 12.1 Å². The van der Waals surface area contributed by atoms with Gasteiger partial charge in [0.05, 0.1) is 11.0 Å². The Labute approximate surface area is 153 Å². The van der Waals surface area contributed by atoms with Crippen LogP contribution < -0.4 is 0 Å². The van der Waals surface area contributed by atoms with E-state index in [9.17, 15) is 9.59 Å². The van der Waals surface area contributed by atoms with Crippen LogP contribution >= 0.6 is 0 Å². The van der Waals surface area contributed by atoms with Crippen LogP contribution in [0.4, 0.5) is 0 Å². The number of rotatable bonds is 2. The Bertz CT molecular complexity index is 843. The van der Waals surface area contributed by atoms with Crippen molar-refractivity contribution in [1.29, 1.82) is 0 Å². The largest absolute Gasteiger partial charge is 0.342 e. The molecule has 0 bridgehead atoms. The quantitative estimate of drug-likeness (QED) is 0.831. The van der Waals surface area contributed by atoms with Gasteiger partial charge in [-0.25, -0.2) is 4.98 Å². The van der Waals surface area contributed by atoms with Crippen molar-refractivity contribution < 1.29 is 9.59 Å². The molecule has 0 spiro atoms. The first kappa shape index (κ1) is 17.1. The second kappa shape index (κ2) is 6.74. The topological polar surface area (TPSA) is 58.4 Å². The average molecular weight is 354 g/mol. The van der Waals surface area contributed by atoms with E-state index in [1.165, 1.54) is 0 Å². The van der Waals surface area contributed by atoms with Gasteiger partial charge in [-0.15, -0.1) is 0 Å². The Morgan fingerprint density at radius 1 is 1.27 bits per heavy atom. The predicted octanol–water partition coefficient (Wildman–Crippen LogP) is 2.20. The predicted molar refractivity (Wildman–Crippen MR) is 99.6 cm³/mol. The van der Waals surface area contributed by atoms with Crippen LogP contribution in [0.15, 0.2) is 24.3 Å². The van der Waals surface area contributed by atoms with Gasteiger partial charge in [-0.3, -0.25) is 9.59 Å². The van der Waals surface area contributed by atoms with Crippen molar-refractivity contribution in [3.63, 3.8) is 0 Å². The maximum absolute atomic E-state index is 13.0. The van der Waals surface area contributed by atoms with E-state index in [0.717, 1.165) is 49.2 Å². The number of imidazole rings is 1. The van der Waals surface area contributed by atoms with Gasteiger partial charge in [0.2, 0.25) is 11.8 Å². The fourth-order valence-electron chi connectivity index (χ4n) is 4.55. The zero-order chi connectivity index (χ0) is 18.3. The summed E-state index contributed by atoms with van der Waals surface area (Å²) in [4.78, 5) is 33.5. The first-order valence-corrected chi connectivity index (χ1v) is 9.50. The van der Waals surface area contributed by atoms with Gasteiger partial charge in [-0.2, -0.15) is 0 Å². The van der Waals surface area contributed by atoms with Crippen LogP contribution in [0.5, 0.6) is 0 Å². The first-order valence-electron chi connectivity index (χ1n) is 9.50. The van der Waals surface area contributed by atoms with Crippen LogP contribution in [0.1, 0.15) is 31.5 Å². The molecule has 6 heteroatoms. The molecule has 2 atom stereocenters. The van der Waals surface area contributed by atoms with Crippen molar-refractivity contribution in [3.05, 3.63) is 30.1 Å². The number of piperidine rings is 1. The number of carbonyl (C=O) groups excluding carboxylic acids is 2. The van der Waals surface area contributed by atoms with Crippen LogP contribution in [0.3, 0.4) is 0 Å². The standard InChI is InChI=1S/C20H26N4O2/c1-14-21-16-7-3-4-8-18(16)24(14)13-20(26)23-11-10-17-15(12-23)6-5-9-19(25)22(17)2/h3-4,7-8,15,17H,5-6,9-13H2,1-2H3/t15-,17+/m0/s1. The fraction of sp³-hybridized carbons (Fsp3) is 0.550. The Kier molecular flexibility index (Phi) is 4.42. The zero-order valence-electron chi connectivity index (χ0n) is 15.5. The van der Waals surface area contributed by atoms with Gasteiger partial charge in [-0.05, 0) is 44.2 Å². The molecule has 2 aromatic rings. The van der Waals surface area contributed by atoms with E-state index in [-0.39, 0.29) is 17.9 Å². The molecule has 0 saturated carbocycles. The highest BCUT2D eigenvalue weighted by atomic mass is 16.2. The van der Waals surface area contributed by atoms with Crippen molar-refractivity contribution >= 4 is 22.8 Å². The van der Waals surface area contributed by atoms with Gasteiger partial charge in [0.25, 0.3) is 0 Å². The van der Waals surface area contributed by atoms with E-state index >= 15 is 0 Å². The van der Waals surface area contributed by atoms with E-state index in [0.29, 0.717) is 18.9 Å². The number of aryl methyl sites for hydroxylation is 1. The minimum atomic E-state index is 0.146. The van der Waals surface area contributed by atoms with E-state index in [1.54, 1.807) is 0 Å². The summed E-state index contributed by atoms with van der Waals surface area (Å²) in [5.74, 6) is 1.66. The molecule has 4 rings (SSSR count). The molecule has 1 aromatic carbocycles. The third kappa shape index (κ3) is 2.97. The molecule has 1 aromatic heterocycles. The molecule has 2 aliphatic heterocycles. The Hall–Kier alpha value is -2.37. The molecule has 2 aliphatic rings. The maximum atomic E-state index is 13.0. The highest BCUT2D eigenvalue weighted by Crippen LogP contribution is 2.30. The monoisotopic (exact) mass is 354 g/mol. The summed E-state index contributed by atoms with van der Waals surface area (Å²) in [5.41, 5.74) is 1.94. The summed E-state index contributed by atoms with van der Waals surface area (Å²) < 4.78 is 2.01. The lowest BCUT2D eigenvalue weighted by Crippen LogP contribution is -2.52. The van der Waals surface area contributed by atoms with Crippen LogP contribution in [0, 0.1) is 12.8 Å². The lowest BCUT2D eigenvalue weighted by Gasteiger charge is -2.41. The van der Waals surface area contributed by atoms with E-state index in [2.05, 4.69) is 4.98 Å². The van der Waals surface area contributed by atoms with E-state index in [4.69, 9.17) is 0 Å². The number of hydrogen-bond donors (Lipinski definition) is 0. The second-order valence-corrected chi connectivity index (χ2v) is 7.59. The first-order chi connectivity index (χ1) is 12.5. The normalized spacial score (nSPS) is 23.8. The van der Waals surface area contributed by atoms with E-state index in [1.807, 2.05) is 52.6 Å². The second-order valence-electron chi connectivity index (χ2n) is 7.59. The minimum absolute atomic E-state index is 0.146. The van der Waals surface area contributed by atoms with Crippen molar-refractivity contribution in [1.82, 2.24) is 19.4 Å². The van der Waals surface area contributed by atoms with E-state index < -0.39 is 0 Å². The molecular formula is C20H26N4O2. The van der Waals surface area contributed by atoms with Gasteiger partial charge < -0.3 is 14.4 Å². The average Bonchev–Trinajstić information content (AvgIpc) is 2.88. The Morgan fingerprint density at radius 2 is 2.08 bits per heavy atom. The molecule has 3 heterocycles. The summed E-state index contributed by atoms with van der Waals surface area (Å²) in [6.45, 7) is 3.76. The van der Waals surface area contributed by atoms with Crippen LogP contribution in [-0.2, 0) is 16.1 Å². The number of hydrogen-bond acceptors (Lipinski definition) is 3. The Balaban J connectivity index is 1.49. The number of likely N-dealkylation sites (tertiary alicyclic amines) is 2. The zero-order valence-corrected chi connectivity index (χ0v) is 15.5. The molecule has 2 amide bonds. The highest BCUT2D eigenvalue weighted by molar-refractivity contribution is 5.81. The number of fused-ring (bicyclic) bond motifs is 2. The van der Waals surface area contributed by atoms with Crippen molar-refractivity contribution in [3.8, 4) is 0 Å². The molecular weight excluding hydrogens is 328 g/mol. The molecule has 0 N–H and O–H groups in total. The minimum Gasteiger partial charge on any atom is -0.342 e. The van der Waals surface area contributed by atoms with Crippen molar-refractivity contribution in [2.45, 2.75) is 45.2 Å². The number of nitrogens with zero attached hydrogens (tertiary/aromatic N) is 4. The maximum Gasteiger partial charge on any atom is 0.242 e. The number of aromatic nitrogens is 2. The number of amides is 2. The summed E-state index contributed by atoms with van der Waals surface area (Å²) >= 11 is 0. The SMILES string of the molecule is Cc1nc2ccccc2n1CC(=O)N1CC[C@@H]2[C@@H](CCCC(=O)N2C)C1. The van der Waals surface area contributed by atoms with Gasteiger partial charge in [0.1, 0.15) is 12.4 Å². The highest BCUT2D eigenvalue weighted by Gasteiger charge is 2.37. The molecule has 26 heavy (non-hydrogen) atoms. The molecule has 6 nitrogen and oxygen atoms in total. The molecule has 0 aliphatic carbocycles. The van der Waals surface area contributed by atoms with Crippen molar-refractivity contribution in [2.24, 2.45) is 5.92 Å². The van der Waals surface area contributed by atoms with Crippen LogP contribution in [0.25, 0.3) is 11.0 Å². The van der Waals surface area contributed by atoms with Gasteiger partial charge in [0, 0.05) is 32.6 Å². The number of benzene rings is 1. The molecule has 2 fully saturated rings. The summed E-state index contributed by atoms with van der Waals surface area (Å²) in [6, 6.07) is 8.22. The molecule has 0 radical (unpaired) electrons. The lowest BCUT2D eigenvalue weighted by atomic mass is 9.88. The fourth-order valence-corrected chi connectivity index (χ4v) is 4.55. The molecule has 138 valence electrons. The van der Waals surface area contributed by atoms with Gasteiger partial charge in [0.15, 0.2) is 0 Å². The van der Waals surface area contributed by atoms with Crippen molar-refractivity contribution in [2.75, 3.05) is 20.1 Å². The smallest absolute Gasteiger partial charge is 0.242 e. The third-order valence-corrected chi connectivity index (χ3v) is 6.04. The van der Waals surface area contributed by atoms with Crippen LogP contribution in [0.2, 0.25) is 0 Å². The van der Waals surface area contributed by atoms with Crippen LogP contribution in [-0.4, -0.2) is 57.3 Å². The third-order valence-electron chi connectivity index (χ3n) is 6.04. The Morgan fingerprint density at radius 3 is 2.92 bits per heavy atom. The number of para-hydroxylation sites is 2. The molecule has 0 unspecified atom stereocenters.